The lowest BCUT2D eigenvalue weighted by atomic mass is 9.70. The largest absolute Gasteiger partial charge is 0.481 e. The van der Waals surface area contributed by atoms with Crippen LogP contribution in [0.1, 0.15) is 0 Å². The summed E-state index contributed by atoms with van der Waals surface area (Å²) in [5.41, 5.74) is -5.13. The summed E-state index contributed by atoms with van der Waals surface area (Å²) in [6.07, 6.45) is 0. The van der Waals surface area contributed by atoms with Crippen LogP contribution in [0.3, 0.4) is 0 Å². The first kappa shape index (κ1) is 19.7. The quantitative estimate of drug-likeness (QED) is 0.158. The lowest BCUT2D eigenvalue weighted by Gasteiger charge is -2.41. The second-order valence-corrected chi connectivity index (χ2v) is 4.31. The van der Waals surface area contributed by atoms with Crippen molar-refractivity contribution in [1.82, 2.24) is 16.0 Å². The molecule has 0 amide bonds. The van der Waals surface area contributed by atoms with Crippen LogP contribution in [0.5, 0.6) is 0 Å². The van der Waals surface area contributed by atoms with Crippen molar-refractivity contribution in [2.75, 3.05) is 39.8 Å². The Labute approximate surface area is 120 Å². The van der Waals surface area contributed by atoms with Crippen LogP contribution >= 0.6 is 0 Å². The van der Waals surface area contributed by atoms with Crippen LogP contribution < -0.4 is 16.0 Å². The van der Waals surface area contributed by atoms with Crippen molar-refractivity contribution in [2.45, 2.75) is 5.60 Å². The third-order valence-electron chi connectivity index (χ3n) is 3.12. The molecule has 1 unspecified atom stereocenters. The second kappa shape index (κ2) is 8.84. The number of hydrogen-bond donors (Lipinski definition) is 9. The third-order valence-corrected chi connectivity index (χ3v) is 3.12. The maximum atomic E-state index is 11.6. The number of carboxylic acids is 2. The summed E-state index contributed by atoms with van der Waals surface area (Å²) in [5.74, 6) is -3.49. The van der Waals surface area contributed by atoms with Crippen LogP contribution in [0.15, 0.2) is 0 Å². The van der Waals surface area contributed by atoms with Gasteiger partial charge in [0.2, 0.25) is 0 Å². The van der Waals surface area contributed by atoms with Crippen LogP contribution in [0.4, 0.5) is 0 Å². The van der Waals surface area contributed by atoms with Gasteiger partial charge in [-0.2, -0.15) is 0 Å². The fourth-order valence-corrected chi connectivity index (χ4v) is 1.91. The Kier molecular flexibility index (Phi) is 8.27. The Balaban J connectivity index is 5.73. The van der Waals surface area contributed by atoms with Crippen LogP contribution in [-0.2, 0) is 9.59 Å². The van der Waals surface area contributed by atoms with Gasteiger partial charge in [-0.25, -0.2) is 4.79 Å². The third kappa shape index (κ3) is 4.31. The molecule has 0 saturated carbocycles. The van der Waals surface area contributed by atoms with E-state index in [1.165, 1.54) is 0 Å². The number of rotatable bonds is 12. The van der Waals surface area contributed by atoms with Crippen LogP contribution in [-0.4, -0.2) is 88.0 Å². The maximum absolute atomic E-state index is 11.6. The summed E-state index contributed by atoms with van der Waals surface area (Å²) in [6, 6.07) is 0. The lowest BCUT2D eigenvalue weighted by Crippen LogP contribution is -2.69. The Bertz CT molecular complexity index is 345. The SMILES string of the molecule is O=C(O)C(O)(CNCO)C(CNCO)(CNCO)C(=O)O. The fraction of sp³-hybridized carbons (Fsp3) is 0.800. The van der Waals surface area contributed by atoms with Gasteiger partial charge in [0.15, 0.2) is 5.60 Å². The summed E-state index contributed by atoms with van der Waals surface area (Å²) in [7, 11) is 0. The van der Waals surface area contributed by atoms with Gasteiger partial charge < -0.3 is 30.6 Å². The zero-order valence-corrected chi connectivity index (χ0v) is 11.2. The number of nitrogens with one attached hydrogen (secondary N) is 3. The van der Waals surface area contributed by atoms with E-state index in [2.05, 4.69) is 16.0 Å². The first-order valence-corrected chi connectivity index (χ1v) is 5.96. The molecule has 0 heterocycles. The average molecular weight is 311 g/mol. The van der Waals surface area contributed by atoms with Gasteiger partial charge in [0.1, 0.15) is 5.41 Å². The van der Waals surface area contributed by atoms with Crippen molar-refractivity contribution in [3.63, 3.8) is 0 Å². The molecule has 0 aliphatic rings. The molecule has 124 valence electrons. The van der Waals surface area contributed by atoms with Crippen molar-refractivity contribution in [1.29, 1.82) is 0 Å². The highest BCUT2D eigenvalue weighted by Crippen LogP contribution is 2.32. The van der Waals surface area contributed by atoms with Gasteiger partial charge in [-0.1, -0.05) is 0 Å². The zero-order chi connectivity index (χ0) is 16.5. The number of hydrogen-bond acceptors (Lipinski definition) is 9. The summed E-state index contributed by atoms with van der Waals surface area (Å²) >= 11 is 0. The Hall–Kier alpha value is -1.34. The van der Waals surface area contributed by atoms with Crippen molar-refractivity contribution >= 4 is 11.9 Å². The molecule has 0 spiro atoms. The van der Waals surface area contributed by atoms with Crippen LogP contribution in [0, 0.1) is 5.41 Å². The van der Waals surface area contributed by atoms with Crippen molar-refractivity contribution in [3.8, 4) is 0 Å². The highest BCUT2D eigenvalue weighted by atomic mass is 16.4. The van der Waals surface area contributed by atoms with E-state index >= 15 is 0 Å². The molecule has 0 aliphatic carbocycles. The molecule has 0 saturated heterocycles. The Morgan fingerprint density at radius 1 is 0.762 bits per heavy atom. The molecule has 0 aromatic carbocycles. The molecular formula is C10H21N3O8. The van der Waals surface area contributed by atoms with E-state index in [-0.39, 0.29) is 0 Å². The van der Waals surface area contributed by atoms with Crippen LogP contribution in [0.25, 0.3) is 0 Å². The number of carbonyl (C=O) groups is 2. The van der Waals surface area contributed by atoms with Gasteiger partial charge in [0, 0.05) is 19.6 Å². The number of carboxylic acid groups (broad SMARTS) is 2. The highest BCUT2D eigenvalue weighted by molar-refractivity contribution is 5.89. The highest BCUT2D eigenvalue weighted by Gasteiger charge is 2.60. The fourth-order valence-electron chi connectivity index (χ4n) is 1.91. The van der Waals surface area contributed by atoms with Gasteiger partial charge >= 0.3 is 11.9 Å². The molecule has 0 aromatic rings. The monoisotopic (exact) mass is 311 g/mol. The van der Waals surface area contributed by atoms with E-state index in [9.17, 15) is 24.9 Å². The Morgan fingerprint density at radius 2 is 1.14 bits per heavy atom. The van der Waals surface area contributed by atoms with Crippen LogP contribution in [0.2, 0.25) is 0 Å². The number of aliphatic hydroxyl groups excluding tert-OH is 3. The molecular weight excluding hydrogens is 290 g/mol. The summed E-state index contributed by atoms with van der Waals surface area (Å²) < 4.78 is 0. The summed E-state index contributed by atoms with van der Waals surface area (Å²) in [6.45, 7) is -3.91. The number of aliphatic hydroxyl groups is 4. The molecule has 11 heteroatoms. The predicted octanol–water partition coefficient (Wildman–Crippen LogP) is -4.51. The zero-order valence-electron chi connectivity index (χ0n) is 11.2. The molecule has 1 atom stereocenters. The first-order chi connectivity index (χ1) is 9.82. The minimum absolute atomic E-state index is 0.595. The summed E-state index contributed by atoms with van der Waals surface area (Å²) in [4.78, 5) is 23.0. The maximum Gasteiger partial charge on any atom is 0.338 e. The smallest absolute Gasteiger partial charge is 0.338 e. The molecule has 9 N–H and O–H groups in total. The minimum Gasteiger partial charge on any atom is -0.481 e. The van der Waals surface area contributed by atoms with Crippen molar-refractivity contribution in [3.05, 3.63) is 0 Å². The molecule has 0 aromatic heterocycles. The van der Waals surface area contributed by atoms with E-state index in [4.69, 9.17) is 15.3 Å². The van der Waals surface area contributed by atoms with E-state index < -0.39 is 62.8 Å². The summed E-state index contributed by atoms with van der Waals surface area (Å²) in [5, 5.41) is 61.9. The van der Waals surface area contributed by atoms with Gasteiger partial charge in [0.25, 0.3) is 0 Å². The second-order valence-electron chi connectivity index (χ2n) is 4.31. The molecule has 21 heavy (non-hydrogen) atoms. The van der Waals surface area contributed by atoms with Gasteiger partial charge in [0.05, 0.1) is 20.2 Å². The molecule has 0 aliphatic heterocycles. The first-order valence-electron chi connectivity index (χ1n) is 5.96. The molecule has 11 nitrogen and oxygen atoms in total. The predicted molar refractivity (Wildman–Crippen MR) is 67.9 cm³/mol. The standard InChI is InChI=1S/C10H21N3O8/c14-4-11-1-9(7(17)18,2-12-5-15)10(21,8(19)20)3-13-6-16/h11-16,21H,1-6H2,(H,17,18)(H,19,20). The molecule has 0 radical (unpaired) electrons. The van der Waals surface area contributed by atoms with E-state index in [1.807, 2.05) is 0 Å². The molecule has 0 bridgehead atoms. The Morgan fingerprint density at radius 3 is 1.43 bits per heavy atom. The van der Waals surface area contributed by atoms with Gasteiger partial charge in [-0.3, -0.25) is 20.7 Å². The number of aliphatic carboxylic acids is 2. The topological polar surface area (TPSA) is 192 Å². The van der Waals surface area contributed by atoms with E-state index in [1.54, 1.807) is 0 Å². The molecule has 0 fully saturated rings. The minimum atomic E-state index is -2.81. The van der Waals surface area contributed by atoms with E-state index in [0.717, 1.165) is 0 Å². The van der Waals surface area contributed by atoms with Gasteiger partial charge in [-0.15, -0.1) is 0 Å². The normalized spacial score (nSPS) is 14.7. The van der Waals surface area contributed by atoms with E-state index in [0.29, 0.717) is 0 Å². The van der Waals surface area contributed by atoms with Crippen molar-refractivity contribution in [2.24, 2.45) is 5.41 Å². The average Bonchev–Trinajstić information content (AvgIpc) is 2.44. The lowest BCUT2D eigenvalue weighted by molar-refractivity contribution is -0.189. The molecule has 0 rings (SSSR count). The van der Waals surface area contributed by atoms with Gasteiger partial charge in [-0.05, 0) is 0 Å². The van der Waals surface area contributed by atoms with Crippen molar-refractivity contribution < 1.29 is 40.2 Å².